The molecular weight excluding hydrogens is 214 g/mol. The molecule has 0 bridgehead atoms. The fourth-order valence-corrected chi connectivity index (χ4v) is 1.05. The van der Waals surface area contributed by atoms with Crippen molar-refractivity contribution in [1.29, 1.82) is 0 Å². The van der Waals surface area contributed by atoms with E-state index >= 15 is 0 Å². The Morgan fingerprint density at radius 1 is 1.33 bits per heavy atom. The molecule has 1 rings (SSSR count). The number of nitrogens with two attached hydrogens (primary N) is 1. The molecule has 0 atom stereocenters. The van der Waals surface area contributed by atoms with Gasteiger partial charge in [-0.3, -0.25) is 0 Å². The molecule has 0 fully saturated rings. The number of hydrogen-bond donors (Lipinski definition) is 2. The van der Waals surface area contributed by atoms with Crippen molar-refractivity contribution in [1.82, 2.24) is 15.0 Å². The van der Waals surface area contributed by atoms with Crippen LogP contribution in [0.25, 0.3) is 0 Å². The van der Waals surface area contributed by atoms with E-state index in [1.807, 2.05) is 0 Å². The Morgan fingerprint density at radius 3 is 2.53 bits per heavy atom. The molecule has 6 heteroatoms. The van der Waals surface area contributed by atoms with Gasteiger partial charge in [-0.15, -0.1) is 0 Å². The first-order chi connectivity index (χ1) is 6.93. The molecule has 0 aliphatic carbocycles. The number of hydrogen-bond acceptors (Lipinski definition) is 5. The molecule has 0 saturated heterocycles. The fourth-order valence-electron chi connectivity index (χ4n) is 0.888. The first-order valence-corrected chi connectivity index (χ1v) is 5.22. The molecule has 0 radical (unpaired) electrons. The topological polar surface area (TPSA) is 76.7 Å². The predicted molar refractivity (Wildman–Crippen MR) is 61.8 cm³/mol. The van der Waals surface area contributed by atoms with Crippen LogP contribution in [0.1, 0.15) is 27.2 Å². The SMILES string of the molecule is CCC(C)(C)CNc1nc(N)nc(Cl)n1. The highest BCUT2D eigenvalue weighted by atomic mass is 35.5. The molecule has 84 valence electrons. The Kier molecular flexibility index (Phi) is 3.68. The van der Waals surface area contributed by atoms with Crippen molar-refractivity contribution in [3.63, 3.8) is 0 Å². The second kappa shape index (κ2) is 4.61. The minimum Gasteiger partial charge on any atom is -0.368 e. The van der Waals surface area contributed by atoms with Gasteiger partial charge in [-0.05, 0) is 23.4 Å². The highest BCUT2D eigenvalue weighted by Gasteiger charge is 2.15. The fraction of sp³-hybridized carbons (Fsp3) is 0.667. The van der Waals surface area contributed by atoms with Gasteiger partial charge in [0.25, 0.3) is 0 Å². The molecule has 0 aliphatic heterocycles. The number of rotatable bonds is 4. The molecule has 0 unspecified atom stereocenters. The Balaban J connectivity index is 2.65. The molecule has 0 aromatic carbocycles. The lowest BCUT2D eigenvalue weighted by molar-refractivity contribution is 0.376. The average Bonchev–Trinajstić information content (AvgIpc) is 2.14. The van der Waals surface area contributed by atoms with Gasteiger partial charge in [-0.1, -0.05) is 20.8 Å². The number of nitrogens with zero attached hydrogens (tertiary/aromatic N) is 3. The maximum absolute atomic E-state index is 5.65. The zero-order valence-corrected chi connectivity index (χ0v) is 9.97. The zero-order chi connectivity index (χ0) is 11.5. The lowest BCUT2D eigenvalue weighted by Crippen LogP contribution is -2.23. The van der Waals surface area contributed by atoms with E-state index in [4.69, 9.17) is 17.3 Å². The summed E-state index contributed by atoms with van der Waals surface area (Å²) >= 11 is 5.65. The molecule has 15 heavy (non-hydrogen) atoms. The van der Waals surface area contributed by atoms with Crippen molar-refractivity contribution in [2.24, 2.45) is 5.41 Å². The number of halogens is 1. The van der Waals surface area contributed by atoms with Crippen LogP contribution < -0.4 is 11.1 Å². The van der Waals surface area contributed by atoms with Gasteiger partial charge in [0.1, 0.15) is 0 Å². The third-order valence-electron chi connectivity index (χ3n) is 2.31. The van der Waals surface area contributed by atoms with Gasteiger partial charge in [-0.25, -0.2) is 0 Å². The van der Waals surface area contributed by atoms with E-state index in [-0.39, 0.29) is 16.6 Å². The van der Waals surface area contributed by atoms with Crippen molar-refractivity contribution in [2.45, 2.75) is 27.2 Å². The van der Waals surface area contributed by atoms with Crippen LogP contribution in [0.4, 0.5) is 11.9 Å². The summed E-state index contributed by atoms with van der Waals surface area (Å²) in [6.45, 7) is 7.22. The number of nitrogens with one attached hydrogen (secondary N) is 1. The largest absolute Gasteiger partial charge is 0.368 e. The predicted octanol–water partition coefficient (Wildman–Crippen LogP) is 1.96. The maximum atomic E-state index is 5.65. The summed E-state index contributed by atoms with van der Waals surface area (Å²) in [6, 6.07) is 0. The summed E-state index contributed by atoms with van der Waals surface area (Å²) in [7, 11) is 0. The second-order valence-electron chi connectivity index (χ2n) is 4.16. The summed E-state index contributed by atoms with van der Waals surface area (Å²) in [5.74, 6) is 0.556. The number of anilines is 2. The summed E-state index contributed by atoms with van der Waals surface area (Å²) in [4.78, 5) is 11.5. The van der Waals surface area contributed by atoms with Crippen LogP contribution in [0, 0.1) is 5.41 Å². The van der Waals surface area contributed by atoms with E-state index in [0.717, 1.165) is 13.0 Å². The van der Waals surface area contributed by atoms with Crippen LogP contribution in [-0.2, 0) is 0 Å². The smallest absolute Gasteiger partial charge is 0.228 e. The Bertz CT molecular complexity index is 319. The summed E-state index contributed by atoms with van der Waals surface area (Å²) in [5.41, 5.74) is 5.63. The van der Waals surface area contributed by atoms with Gasteiger partial charge in [0, 0.05) is 6.54 Å². The van der Waals surface area contributed by atoms with E-state index in [0.29, 0.717) is 5.95 Å². The van der Waals surface area contributed by atoms with Crippen LogP contribution in [0.2, 0.25) is 5.28 Å². The van der Waals surface area contributed by atoms with Gasteiger partial charge in [-0.2, -0.15) is 15.0 Å². The van der Waals surface area contributed by atoms with Crippen LogP contribution in [0.3, 0.4) is 0 Å². The zero-order valence-electron chi connectivity index (χ0n) is 9.21. The minimum atomic E-state index is 0.110. The van der Waals surface area contributed by atoms with Crippen molar-refractivity contribution in [2.75, 3.05) is 17.6 Å². The van der Waals surface area contributed by atoms with Gasteiger partial charge in [0.15, 0.2) is 0 Å². The van der Waals surface area contributed by atoms with Gasteiger partial charge >= 0.3 is 0 Å². The van der Waals surface area contributed by atoms with Crippen LogP contribution >= 0.6 is 11.6 Å². The third kappa shape index (κ3) is 3.87. The molecule has 1 aromatic rings. The Morgan fingerprint density at radius 2 is 2.00 bits per heavy atom. The summed E-state index contributed by atoms with van der Waals surface area (Å²) in [5, 5.41) is 3.20. The van der Waals surface area contributed by atoms with Crippen LogP contribution in [-0.4, -0.2) is 21.5 Å². The van der Waals surface area contributed by atoms with Crippen molar-refractivity contribution in [3.05, 3.63) is 5.28 Å². The molecule has 1 aromatic heterocycles. The van der Waals surface area contributed by atoms with E-state index < -0.39 is 0 Å². The van der Waals surface area contributed by atoms with Crippen molar-refractivity contribution < 1.29 is 0 Å². The molecule has 0 amide bonds. The first kappa shape index (κ1) is 12.0. The second-order valence-corrected chi connectivity index (χ2v) is 4.50. The third-order valence-corrected chi connectivity index (χ3v) is 2.48. The quantitative estimate of drug-likeness (QED) is 0.825. The van der Waals surface area contributed by atoms with E-state index in [1.165, 1.54) is 0 Å². The van der Waals surface area contributed by atoms with Gasteiger partial charge in [0.2, 0.25) is 17.2 Å². The molecule has 1 heterocycles. The highest BCUT2D eigenvalue weighted by molar-refractivity contribution is 6.28. The molecular formula is C9H16ClN5. The number of nitrogen functional groups attached to an aromatic ring is 1. The summed E-state index contributed by atoms with van der Waals surface area (Å²) < 4.78 is 0. The monoisotopic (exact) mass is 229 g/mol. The van der Waals surface area contributed by atoms with Crippen molar-refractivity contribution >= 4 is 23.5 Å². The Labute approximate surface area is 94.5 Å². The average molecular weight is 230 g/mol. The highest BCUT2D eigenvalue weighted by Crippen LogP contribution is 2.19. The number of aromatic nitrogens is 3. The lowest BCUT2D eigenvalue weighted by atomic mass is 9.90. The van der Waals surface area contributed by atoms with Gasteiger partial charge in [0.05, 0.1) is 0 Å². The Hall–Kier alpha value is -1.10. The molecule has 3 N–H and O–H groups in total. The lowest BCUT2D eigenvalue weighted by Gasteiger charge is -2.22. The maximum Gasteiger partial charge on any atom is 0.228 e. The first-order valence-electron chi connectivity index (χ1n) is 4.84. The standard InChI is InChI=1S/C9H16ClN5/c1-4-9(2,3)5-12-8-14-6(10)13-7(11)15-8/h4-5H2,1-3H3,(H3,11,12,13,14,15). The van der Waals surface area contributed by atoms with E-state index in [2.05, 4.69) is 41.0 Å². The van der Waals surface area contributed by atoms with Gasteiger partial charge < -0.3 is 11.1 Å². The molecule has 0 aliphatic rings. The van der Waals surface area contributed by atoms with E-state index in [1.54, 1.807) is 0 Å². The summed E-state index contributed by atoms with van der Waals surface area (Å²) in [6.07, 6.45) is 1.06. The van der Waals surface area contributed by atoms with E-state index in [9.17, 15) is 0 Å². The van der Waals surface area contributed by atoms with Crippen molar-refractivity contribution in [3.8, 4) is 0 Å². The normalized spacial score (nSPS) is 11.5. The van der Waals surface area contributed by atoms with Crippen LogP contribution in [0.15, 0.2) is 0 Å². The van der Waals surface area contributed by atoms with Crippen LogP contribution in [0.5, 0.6) is 0 Å². The minimum absolute atomic E-state index is 0.110. The molecule has 0 saturated carbocycles. The molecule has 0 spiro atoms. The molecule has 5 nitrogen and oxygen atoms in total.